The van der Waals surface area contributed by atoms with E-state index in [-0.39, 0.29) is 5.82 Å². The lowest BCUT2D eigenvalue weighted by Gasteiger charge is -2.01. The Morgan fingerprint density at radius 1 is 1.54 bits per heavy atom. The first kappa shape index (κ1) is 9.70. The second-order valence-corrected chi connectivity index (χ2v) is 2.52. The van der Waals surface area contributed by atoms with Crippen molar-refractivity contribution in [3.63, 3.8) is 0 Å². The molecule has 0 fully saturated rings. The zero-order chi connectivity index (χ0) is 9.84. The molecule has 0 amide bonds. The summed E-state index contributed by atoms with van der Waals surface area (Å²) < 4.78 is 6.36. The molecule has 1 heterocycles. The number of esters is 1. The van der Waals surface area contributed by atoms with Crippen molar-refractivity contribution >= 4 is 5.97 Å². The number of hydrogen-bond acceptors (Lipinski definition) is 4. The Bertz CT molecular complexity index is 306. The van der Waals surface area contributed by atoms with E-state index in [4.69, 9.17) is 4.74 Å². The van der Waals surface area contributed by atoms with Gasteiger partial charge < -0.3 is 4.74 Å². The molecule has 5 heteroatoms. The first-order valence-electron chi connectivity index (χ1n) is 4.27. The summed E-state index contributed by atoms with van der Waals surface area (Å²) in [5.41, 5.74) is 0. The molecule has 1 rings (SSSR count). The van der Waals surface area contributed by atoms with E-state index in [1.54, 1.807) is 13.8 Å². The average Bonchev–Trinajstić information content (AvgIpc) is 2.47. The largest absolute Gasteiger partial charge is 0.460 e. The maximum atomic E-state index is 11.3. The molecular formula is C8H13N3O2. The first-order chi connectivity index (χ1) is 6.19. The van der Waals surface area contributed by atoms with Crippen molar-refractivity contribution in [3.05, 3.63) is 11.6 Å². The van der Waals surface area contributed by atoms with Crippen molar-refractivity contribution < 1.29 is 9.53 Å². The van der Waals surface area contributed by atoms with Gasteiger partial charge in [-0.25, -0.2) is 14.5 Å². The molecule has 0 saturated carbocycles. The van der Waals surface area contributed by atoms with Crippen molar-refractivity contribution in [2.24, 2.45) is 0 Å². The molecule has 72 valence electrons. The van der Waals surface area contributed by atoms with Crippen LogP contribution in [0.25, 0.3) is 0 Å². The zero-order valence-corrected chi connectivity index (χ0v) is 8.07. The molecule has 0 saturated heterocycles. The van der Waals surface area contributed by atoms with Crippen molar-refractivity contribution in [3.8, 4) is 0 Å². The molecule has 13 heavy (non-hydrogen) atoms. The highest BCUT2D eigenvalue weighted by Crippen LogP contribution is 2.00. The molecule has 0 aliphatic heterocycles. The van der Waals surface area contributed by atoms with Crippen LogP contribution in [0.15, 0.2) is 0 Å². The maximum Gasteiger partial charge on any atom is 0.376 e. The molecule has 0 radical (unpaired) electrons. The average molecular weight is 183 g/mol. The van der Waals surface area contributed by atoms with E-state index >= 15 is 0 Å². The quantitative estimate of drug-likeness (QED) is 0.650. The van der Waals surface area contributed by atoms with Crippen LogP contribution in [0.4, 0.5) is 0 Å². The van der Waals surface area contributed by atoms with Crippen LogP contribution in [0.2, 0.25) is 0 Å². The molecule has 0 N–H and O–H groups in total. The Hall–Kier alpha value is -1.39. The van der Waals surface area contributed by atoms with E-state index < -0.39 is 5.97 Å². The van der Waals surface area contributed by atoms with E-state index in [2.05, 4.69) is 10.1 Å². The van der Waals surface area contributed by atoms with Gasteiger partial charge >= 0.3 is 5.97 Å². The standard InChI is InChI=1S/C8H13N3O2/c1-4-11-7(8(12)13-5-2)9-6(3)10-11/h4-5H2,1-3H3. The highest BCUT2D eigenvalue weighted by atomic mass is 16.5. The Morgan fingerprint density at radius 3 is 2.77 bits per heavy atom. The molecule has 5 nitrogen and oxygen atoms in total. The zero-order valence-electron chi connectivity index (χ0n) is 8.07. The molecule has 0 spiro atoms. The van der Waals surface area contributed by atoms with Crippen LogP contribution in [0, 0.1) is 6.92 Å². The summed E-state index contributed by atoms with van der Waals surface area (Å²) in [5, 5.41) is 4.04. The van der Waals surface area contributed by atoms with Gasteiger partial charge in [0, 0.05) is 6.54 Å². The molecule has 0 aromatic carbocycles. The molecule has 0 unspecified atom stereocenters. The number of ether oxygens (including phenoxy) is 1. The van der Waals surface area contributed by atoms with Gasteiger partial charge in [-0.3, -0.25) is 0 Å². The number of carbonyl (C=O) groups excluding carboxylic acids is 1. The smallest absolute Gasteiger partial charge is 0.376 e. The van der Waals surface area contributed by atoms with Gasteiger partial charge in [-0.2, -0.15) is 5.10 Å². The molecule has 0 bridgehead atoms. The minimum Gasteiger partial charge on any atom is -0.460 e. The molecule has 0 aliphatic carbocycles. The second-order valence-electron chi connectivity index (χ2n) is 2.52. The lowest BCUT2D eigenvalue weighted by atomic mass is 10.6. The Kier molecular flexibility index (Phi) is 3.00. The topological polar surface area (TPSA) is 57.0 Å². The predicted molar refractivity (Wildman–Crippen MR) is 46.4 cm³/mol. The Morgan fingerprint density at radius 2 is 2.23 bits per heavy atom. The van der Waals surface area contributed by atoms with Crippen molar-refractivity contribution in [1.82, 2.24) is 14.8 Å². The number of hydrogen-bond donors (Lipinski definition) is 0. The summed E-state index contributed by atoms with van der Waals surface area (Å²) in [7, 11) is 0. The van der Waals surface area contributed by atoms with Gasteiger partial charge in [-0.1, -0.05) is 0 Å². The third-order valence-electron chi connectivity index (χ3n) is 1.54. The molecule has 1 aromatic rings. The van der Waals surface area contributed by atoms with Crippen LogP contribution in [0.1, 0.15) is 30.3 Å². The summed E-state index contributed by atoms with van der Waals surface area (Å²) in [6.45, 7) is 6.38. The Labute approximate surface area is 76.7 Å². The van der Waals surface area contributed by atoms with E-state index in [9.17, 15) is 4.79 Å². The van der Waals surface area contributed by atoms with Gasteiger partial charge in [0.25, 0.3) is 0 Å². The maximum absolute atomic E-state index is 11.3. The summed E-state index contributed by atoms with van der Waals surface area (Å²) in [5.74, 6) is 0.455. The summed E-state index contributed by atoms with van der Waals surface area (Å²) >= 11 is 0. The monoisotopic (exact) mass is 183 g/mol. The molecule has 0 aliphatic rings. The van der Waals surface area contributed by atoms with Gasteiger partial charge in [0.2, 0.25) is 5.82 Å². The van der Waals surface area contributed by atoms with E-state index in [0.29, 0.717) is 19.0 Å². The summed E-state index contributed by atoms with van der Waals surface area (Å²) in [6.07, 6.45) is 0. The fourth-order valence-corrected chi connectivity index (χ4v) is 1.02. The van der Waals surface area contributed by atoms with Crippen LogP contribution in [-0.2, 0) is 11.3 Å². The number of carbonyl (C=O) groups is 1. The minimum absolute atomic E-state index is 0.279. The van der Waals surface area contributed by atoms with Crippen LogP contribution in [-0.4, -0.2) is 27.3 Å². The molecule has 1 aromatic heterocycles. The highest BCUT2D eigenvalue weighted by molar-refractivity contribution is 5.85. The van der Waals surface area contributed by atoms with Crippen LogP contribution in [0.5, 0.6) is 0 Å². The van der Waals surface area contributed by atoms with E-state index in [1.165, 1.54) is 4.68 Å². The van der Waals surface area contributed by atoms with Crippen LogP contribution in [0.3, 0.4) is 0 Å². The normalized spacial score (nSPS) is 10.1. The minimum atomic E-state index is -0.412. The summed E-state index contributed by atoms with van der Waals surface area (Å²) in [6, 6.07) is 0. The van der Waals surface area contributed by atoms with E-state index in [0.717, 1.165) is 0 Å². The van der Waals surface area contributed by atoms with Crippen molar-refractivity contribution in [2.45, 2.75) is 27.3 Å². The van der Waals surface area contributed by atoms with Gasteiger partial charge in [-0.15, -0.1) is 0 Å². The van der Waals surface area contributed by atoms with Crippen molar-refractivity contribution in [1.29, 1.82) is 0 Å². The highest BCUT2D eigenvalue weighted by Gasteiger charge is 2.15. The number of nitrogens with zero attached hydrogens (tertiary/aromatic N) is 3. The van der Waals surface area contributed by atoms with Gasteiger partial charge in [0.15, 0.2) is 0 Å². The summed E-state index contributed by atoms with van der Waals surface area (Å²) in [4.78, 5) is 15.3. The first-order valence-corrected chi connectivity index (χ1v) is 4.27. The number of aryl methyl sites for hydroxylation is 2. The van der Waals surface area contributed by atoms with Crippen LogP contribution < -0.4 is 0 Å². The predicted octanol–water partition coefficient (Wildman–Crippen LogP) is 0.783. The number of rotatable bonds is 3. The van der Waals surface area contributed by atoms with Crippen molar-refractivity contribution in [2.75, 3.05) is 6.61 Å². The lowest BCUT2D eigenvalue weighted by molar-refractivity contribution is 0.0505. The van der Waals surface area contributed by atoms with Gasteiger partial charge in [0.1, 0.15) is 5.82 Å². The van der Waals surface area contributed by atoms with Crippen LogP contribution >= 0.6 is 0 Å². The molecule has 0 atom stereocenters. The molecular weight excluding hydrogens is 170 g/mol. The Balaban J connectivity index is 2.91. The fourth-order valence-electron chi connectivity index (χ4n) is 1.02. The number of aromatic nitrogens is 3. The SMILES string of the molecule is CCOC(=O)c1nc(C)nn1CC. The van der Waals surface area contributed by atoms with E-state index in [1.807, 2.05) is 6.92 Å². The second kappa shape index (κ2) is 4.02. The fraction of sp³-hybridized carbons (Fsp3) is 0.625. The third-order valence-corrected chi connectivity index (χ3v) is 1.54. The van der Waals surface area contributed by atoms with Gasteiger partial charge in [0.05, 0.1) is 6.61 Å². The lowest BCUT2D eigenvalue weighted by Crippen LogP contribution is -2.13. The van der Waals surface area contributed by atoms with Gasteiger partial charge in [-0.05, 0) is 20.8 Å². The third kappa shape index (κ3) is 2.05.